The Bertz CT molecular complexity index is 567. The Kier molecular flexibility index (Phi) is 3.37. The largest absolute Gasteiger partial charge is 0.366 e. The third-order valence-electron chi connectivity index (χ3n) is 3.25. The van der Waals surface area contributed by atoms with Gasteiger partial charge in [-0.15, -0.1) is 0 Å². The molecule has 5 heteroatoms. The molecule has 0 saturated carbocycles. The van der Waals surface area contributed by atoms with Crippen molar-refractivity contribution in [2.45, 2.75) is 0 Å². The summed E-state index contributed by atoms with van der Waals surface area (Å²) in [6.07, 6.45) is 3.31. The highest BCUT2D eigenvalue weighted by Crippen LogP contribution is 2.28. The van der Waals surface area contributed by atoms with E-state index in [0.29, 0.717) is 0 Å². The summed E-state index contributed by atoms with van der Waals surface area (Å²) in [5, 5.41) is 3.31. The summed E-state index contributed by atoms with van der Waals surface area (Å²) < 4.78 is 13.4. The number of halogens is 1. The molecule has 19 heavy (non-hydrogen) atoms. The van der Waals surface area contributed by atoms with Crippen molar-refractivity contribution in [3.05, 3.63) is 42.6 Å². The van der Waals surface area contributed by atoms with Crippen LogP contribution in [0.5, 0.6) is 0 Å². The fourth-order valence-electron chi connectivity index (χ4n) is 2.32. The summed E-state index contributed by atoms with van der Waals surface area (Å²) in [5.74, 6) is -0.248. The average molecular weight is 258 g/mol. The maximum atomic E-state index is 13.4. The first-order valence-corrected chi connectivity index (χ1v) is 6.36. The van der Waals surface area contributed by atoms with Gasteiger partial charge in [-0.3, -0.25) is 0 Å². The summed E-state index contributed by atoms with van der Waals surface area (Å²) in [5.41, 5.74) is 2.54. The molecule has 0 spiro atoms. The van der Waals surface area contributed by atoms with Crippen molar-refractivity contribution >= 4 is 5.69 Å². The molecule has 0 radical (unpaired) electrons. The van der Waals surface area contributed by atoms with Gasteiger partial charge in [-0.2, -0.15) is 0 Å². The highest BCUT2D eigenvalue weighted by Gasteiger charge is 2.16. The first kappa shape index (κ1) is 12.0. The van der Waals surface area contributed by atoms with Crippen molar-refractivity contribution in [1.29, 1.82) is 0 Å². The quantitative estimate of drug-likeness (QED) is 0.890. The van der Waals surface area contributed by atoms with E-state index in [2.05, 4.69) is 20.2 Å². The molecule has 0 bridgehead atoms. The van der Waals surface area contributed by atoms with E-state index in [1.54, 1.807) is 12.3 Å². The molecule has 2 aromatic rings. The van der Waals surface area contributed by atoms with E-state index in [9.17, 15) is 4.39 Å². The van der Waals surface area contributed by atoms with Gasteiger partial charge in [0, 0.05) is 31.7 Å². The van der Waals surface area contributed by atoms with Crippen LogP contribution in [0, 0.1) is 5.82 Å². The van der Waals surface area contributed by atoms with Crippen molar-refractivity contribution in [1.82, 2.24) is 15.3 Å². The highest BCUT2D eigenvalue weighted by atomic mass is 19.1. The van der Waals surface area contributed by atoms with E-state index in [1.165, 1.54) is 18.5 Å². The van der Waals surface area contributed by atoms with Gasteiger partial charge in [0.1, 0.15) is 12.1 Å². The molecule has 4 nitrogen and oxygen atoms in total. The van der Waals surface area contributed by atoms with Crippen molar-refractivity contribution in [3.63, 3.8) is 0 Å². The molecule has 1 saturated heterocycles. The van der Waals surface area contributed by atoms with Crippen LogP contribution >= 0.6 is 0 Å². The molecule has 3 rings (SSSR count). The third-order valence-corrected chi connectivity index (χ3v) is 3.25. The molecule has 0 amide bonds. The Hall–Kier alpha value is -2.01. The SMILES string of the molecule is Fc1cccc(-c2ncncc2N2CCNCC2)c1. The van der Waals surface area contributed by atoms with E-state index < -0.39 is 0 Å². The molecule has 1 aliphatic heterocycles. The summed E-state index contributed by atoms with van der Waals surface area (Å²) in [4.78, 5) is 10.7. The number of rotatable bonds is 2. The van der Waals surface area contributed by atoms with Gasteiger partial charge in [0.2, 0.25) is 0 Å². The topological polar surface area (TPSA) is 41.1 Å². The average Bonchev–Trinajstić information content (AvgIpc) is 2.48. The van der Waals surface area contributed by atoms with Gasteiger partial charge in [0.15, 0.2) is 0 Å². The zero-order valence-electron chi connectivity index (χ0n) is 10.5. The Balaban J connectivity index is 2.01. The molecule has 1 aromatic heterocycles. The number of hydrogen-bond donors (Lipinski definition) is 1. The summed E-state index contributed by atoms with van der Waals surface area (Å²) in [7, 11) is 0. The minimum Gasteiger partial charge on any atom is -0.366 e. The number of piperazine rings is 1. The first-order chi connectivity index (χ1) is 9.34. The maximum Gasteiger partial charge on any atom is 0.123 e. The fraction of sp³-hybridized carbons (Fsp3) is 0.286. The van der Waals surface area contributed by atoms with Crippen LogP contribution in [-0.4, -0.2) is 36.1 Å². The van der Waals surface area contributed by atoms with Gasteiger partial charge < -0.3 is 10.2 Å². The fourth-order valence-corrected chi connectivity index (χ4v) is 2.32. The number of hydrogen-bond acceptors (Lipinski definition) is 4. The predicted molar refractivity (Wildman–Crippen MR) is 72.5 cm³/mol. The van der Waals surface area contributed by atoms with Crippen molar-refractivity contribution in [2.24, 2.45) is 0 Å². The van der Waals surface area contributed by atoms with E-state index in [4.69, 9.17) is 0 Å². The molecule has 0 unspecified atom stereocenters. The molecule has 0 atom stereocenters. The van der Waals surface area contributed by atoms with Gasteiger partial charge >= 0.3 is 0 Å². The number of nitrogens with one attached hydrogen (secondary N) is 1. The lowest BCUT2D eigenvalue weighted by molar-refractivity contribution is 0.588. The zero-order chi connectivity index (χ0) is 13.1. The molecule has 2 heterocycles. The molecule has 1 aliphatic rings. The molecular weight excluding hydrogens is 243 g/mol. The van der Waals surface area contributed by atoms with E-state index in [1.807, 2.05) is 6.07 Å². The standard InChI is InChI=1S/C14H15FN4/c15-12-3-1-2-11(8-12)14-13(9-17-10-18-14)19-6-4-16-5-7-19/h1-3,8-10,16H,4-7H2. The Labute approximate surface area is 111 Å². The second kappa shape index (κ2) is 5.32. The first-order valence-electron chi connectivity index (χ1n) is 6.36. The molecule has 0 aliphatic carbocycles. The van der Waals surface area contributed by atoms with Crippen molar-refractivity contribution in [2.75, 3.05) is 31.1 Å². The number of aromatic nitrogens is 2. The maximum absolute atomic E-state index is 13.4. The van der Waals surface area contributed by atoms with Gasteiger partial charge in [0.25, 0.3) is 0 Å². The number of benzene rings is 1. The second-order valence-corrected chi connectivity index (χ2v) is 4.50. The normalized spacial score (nSPS) is 15.5. The van der Waals surface area contributed by atoms with E-state index in [0.717, 1.165) is 43.1 Å². The van der Waals surface area contributed by atoms with Crippen LogP contribution in [0.1, 0.15) is 0 Å². The van der Waals surface area contributed by atoms with Crippen LogP contribution < -0.4 is 10.2 Å². The van der Waals surface area contributed by atoms with Gasteiger partial charge in [-0.1, -0.05) is 12.1 Å². The molecule has 1 fully saturated rings. The third kappa shape index (κ3) is 2.56. The van der Waals surface area contributed by atoms with Gasteiger partial charge in [-0.05, 0) is 12.1 Å². The minimum atomic E-state index is -0.248. The number of anilines is 1. The Morgan fingerprint density at radius 1 is 1.21 bits per heavy atom. The van der Waals surface area contributed by atoms with Gasteiger partial charge in [0.05, 0.1) is 17.6 Å². The Morgan fingerprint density at radius 3 is 2.84 bits per heavy atom. The minimum absolute atomic E-state index is 0.248. The number of nitrogens with zero attached hydrogens (tertiary/aromatic N) is 3. The van der Waals surface area contributed by atoms with Crippen LogP contribution in [0.4, 0.5) is 10.1 Å². The lowest BCUT2D eigenvalue weighted by atomic mass is 10.1. The van der Waals surface area contributed by atoms with Crippen LogP contribution in [0.25, 0.3) is 11.3 Å². The molecular formula is C14H15FN4. The lowest BCUT2D eigenvalue weighted by Gasteiger charge is -2.30. The lowest BCUT2D eigenvalue weighted by Crippen LogP contribution is -2.43. The van der Waals surface area contributed by atoms with Gasteiger partial charge in [-0.25, -0.2) is 14.4 Å². The smallest absolute Gasteiger partial charge is 0.123 e. The van der Waals surface area contributed by atoms with E-state index in [-0.39, 0.29) is 5.82 Å². The monoisotopic (exact) mass is 258 g/mol. The molecule has 1 aromatic carbocycles. The van der Waals surface area contributed by atoms with Crippen molar-refractivity contribution < 1.29 is 4.39 Å². The van der Waals surface area contributed by atoms with Crippen LogP contribution in [0.2, 0.25) is 0 Å². The van der Waals surface area contributed by atoms with E-state index >= 15 is 0 Å². The summed E-state index contributed by atoms with van der Waals surface area (Å²) in [6, 6.07) is 6.52. The Morgan fingerprint density at radius 2 is 2.05 bits per heavy atom. The van der Waals surface area contributed by atoms with Crippen molar-refractivity contribution in [3.8, 4) is 11.3 Å². The van der Waals surface area contributed by atoms with Crippen LogP contribution in [0.15, 0.2) is 36.8 Å². The molecule has 1 N–H and O–H groups in total. The van der Waals surface area contributed by atoms with Crippen LogP contribution in [0.3, 0.4) is 0 Å². The van der Waals surface area contributed by atoms with Crippen LogP contribution in [-0.2, 0) is 0 Å². The molecule has 98 valence electrons. The summed E-state index contributed by atoms with van der Waals surface area (Å²) >= 11 is 0. The zero-order valence-corrected chi connectivity index (χ0v) is 10.5. The predicted octanol–water partition coefficient (Wildman–Crippen LogP) is 1.69. The highest BCUT2D eigenvalue weighted by molar-refractivity contribution is 5.74. The summed E-state index contributed by atoms with van der Waals surface area (Å²) in [6.45, 7) is 3.71. The second-order valence-electron chi connectivity index (χ2n) is 4.50.